The van der Waals surface area contributed by atoms with E-state index in [9.17, 15) is 9.00 Å². The zero-order valence-electron chi connectivity index (χ0n) is 7.90. The highest BCUT2D eigenvalue weighted by Gasteiger charge is 2.03. The lowest BCUT2D eigenvalue weighted by Gasteiger charge is -2.00. The molecule has 0 heterocycles. The minimum atomic E-state index is -0.937. The van der Waals surface area contributed by atoms with Crippen LogP contribution in [0.5, 0.6) is 0 Å². The molecule has 0 saturated heterocycles. The molecule has 4 heteroatoms. The van der Waals surface area contributed by atoms with Crippen molar-refractivity contribution in [1.29, 1.82) is 0 Å². The Hall–Kier alpha value is -1.16. The van der Waals surface area contributed by atoms with Gasteiger partial charge in [-0.05, 0) is 17.7 Å². The van der Waals surface area contributed by atoms with E-state index in [2.05, 4.69) is 0 Å². The molecule has 0 spiro atoms. The van der Waals surface area contributed by atoms with Crippen LogP contribution in [0.3, 0.4) is 0 Å². The fourth-order valence-corrected chi connectivity index (χ4v) is 1.80. The molecule has 0 radical (unpaired) electrons. The fraction of sp³-hybridized carbons (Fsp3) is 0.300. The van der Waals surface area contributed by atoms with E-state index in [1.54, 1.807) is 12.1 Å². The second-order valence-corrected chi connectivity index (χ2v) is 4.62. The second kappa shape index (κ2) is 4.91. The van der Waals surface area contributed by atoms with E-state index in [0.29, 0.717) is 11.5 Å². The Labute approximate surface area is 85.2 Å². The van der Waals surface area contributed by atoms with Crippen molar-refractivity contribution in [3.63, 3.8) is 0 Å². The first-order valence-corrected chi connectivity index (χ1v) is 5.79. The summed E-state index contributed by atoms with van der Waals surface area (Å²) in [6, 6.07) is 6.48. The van der Waals surface area contributed by atoms with Crippen LogP contribution in [0.25, 0.3) is 0 Å². The van der Waals surface area contributed by atoms with Crippen LogP contribution in [-0.2, 0) is 16.6 Å². The minimum absolute atomic E-state index is 0.260. The summed E-state index contributed by atoms with van der Waals surface area (Å²) in [6.07, 6.45) is 0. The van der Waals surface area contributed by atoms with E-state index in [0.717, 1.165) is 5.56 Å². The molecule has 0 aromatic heterocycles. The van der Waals surface area contributed by atoms with E-state index >= 15 is 0 Å². The lowest BCUT2D eigenvalue weighted by Crippen LogP contribution is -1.99. The second-order valence-electron chi connectivity index (χ2n) is 2.87. The smallest absolute Gasteiger partial charge is 0.335 e. The van der Waals surface area contributed by atoms with Gasteiger partial charge in [0.2, 0.25) is 0 Å². The molecule has 1 aromatic carbocycles. The zero-order valence-corrected chi connectivity index (χ0v) is 8.71. The third-order valence-corrected chi connectivity index (χ3v) is 3.15. The number of benzene rings is 1. The van der Waals surface area contributed by atoms with E-state index in [-0.39, 0.29) is 5.56 Å². The highest BCUT2D eigenvalue weighted by molar-refractivity contribution is 7.84. The number of aromatic carboxylic acids is 1. The van der Waals surface area contributed by atoms with Gasteiger partial charge in [0.05, 0.1) is 5.56 Å². The van der Waals surface area contributed by atoms with E-state index in [1.807, 2.05) is 6.92 Å². The predicted molar refractivity (Wildman–Crippen MR) is 55.8 cm³/mol. The van der Waals surface area contributed by atoms with Gasteiger partial charge in [-0.15, -0.1) is 0 Å². The van der Waals surface area contributed by atoms with Gasteiger partial charge in [0.1, 0.15) is 0 Å². The third kappa shape index (κ3) is 2.96. The van der Waals surface area contributed by atoms with Gasteiger partial charge in [-0.3, -0.25) is 4.21 Å². The minimum Gasteiger partial charge on any atom is -0.478 e. The fourth-order valence-electron chi connectivity index (χ4n) is 1.03. The monoisotopic (exact) mass is 212 g/mol. The first kappa shape index (κ1) is 10.9. The summed E-state index contributed by atoms with van der Waals surface area (Å²) >= 11 is 0. The normalized spacial score (nSPS) is 12.4. The van der Waals surface area contributed by atoms with E-state index in [4.69, 9.17) is 5.11 Å². The van der Waals surface area contributed by atoms with Gasteiger partial charge in [0.25, 0.3) is 0 Å². The molecule has 1 unspecified atom stereocenters. The molecule has 1 rings (SSSR count). The van der Waals surface area contributed by atoms with Crippen LogP contribution >= 0.6 is 0 Å². The standard InChI is InChI=1S/C10H12O3S/c1-2-14(13)7-8-3-5-9(6-4-8)10(11)12/h3-6H,2,7H2,1H3,(H,11,12). The summed E-state index contributed by atoms with van der Waals surface area (Å²) in [6.45, 7) is 1.86. The predicted octanol–water partition coefficient (Wildman–Crippen LogP) is 1.65. The van der Waals surface area contributed by atoms with Crippen molar-refractivity contribution in [3.05, 3.63) is 35.4 Å². The summed E-state index contributed by atoms with van der Waals surface area (Å²) in [5.74, 6) is 0.185. The third-order valence-electron chi connectivity index (χ3n) is 1.85. The summed E-state index contributed by atoms with van der Waals surface area (Å²) in [4.78, 5) is 10.5. The molecule has 76 valence electrons. The van der Waals surface area contributed by atoms with Crippen LogP contribution < -0.4 is 0 Å². The highest BCUT2D eigenvalue weighted by Crippen LogP contribution is 2.06. The number of hydrogen-bond donors (Lipinski definition) is 1. The Morgan fingerprint density at radius 3 is 2.36 bits per heavy atom. The summed E-state index contributed by atoms with van der Waals surface area (Å²) in [7, 11) is -0.843. The van der Waals surface area contributed by atoms with Gasteiger partial charge in [-0.1, -0.05) is 19.1 Å². The molecule has 1 N–H and O–H groups in total. The van der Waals surface area contributed by atoms with Crippen molar-refractivity contribution in [2.24, 2.45) is 0 Å². The maximum atomic E-state index is 11.2. The maximum Gasteiger partial charge on any atom is 0.335 e. The van der Waals surface area contributed by atoms with Crippen LogP contribution in [0, 0.1) is 0 Å². The topological polar surface area (TPSA) is 54.4 Å². The van der Waals surface area contributed by atoms with Crippen molar-refractivity contribution in [2.75, 3.05) is 5.75 Å². The Morgan fingerprint density at radius 1 is 1.36 bits per heavy atom. The van der Waals surface area contributed by atoms with E-state index < -0.39 is 16.8 Å². The Morgan fingerprint density at radius 2 is 1.93 bits per heavy atom. The van der Waals surface area contributed by atoms with Gasteiger partial charge >= 0.3 is 5.97 Å². The lowest BCUT2D eigenvalue weighted by molar-refractivity contribution is 0.0697. The quantitative estimate of drug-likeness (QED) is 0.825. The molecule has 0 aliphatic carbocycles. The highest BCUT2D eigenvalue weighted by atomic mass is 32.2. The lowest BCUT2D eigenvalue weighted by atomic mass is 10.1. The number of carbonyl (C=O) groups is 1. The molecule has 1 atom stereocenters. The van der Waals surface area contributed by atoms with Gasteiger partial charge in [-0.25, -0.2) is 4.79 Å². The molecular formula is C10H12O3S. The molecule has 0 fully saturated rings. The Balaban J connectivity index is 2.73. The number of hydrogen-bond acceptors (Lipinski definition) is 2. The summed E-state index contributed by atoms with van der Waals surface area (Å²) in [5, 5.41) is 8.64. The van der Waals surface area contributed by atoms with Gasteiger partial charge in [-0.2, -0.15) is 0 Å². The van der Waals surface area contributed by atoms with Gasteiger partial charge in [0.15, 0.2) is 0 Å². The molecule has 0 aliphatic rings. The van der Waals surface area contributed by atoms with Gasteiger partial charge in [0, 0.05) is 22.3 Å². The maximum absolute atomic E-state index is 11.2. The zero-order chi connectivity index (χ0) is 10.6. The number of rotatable bonds is 4. The molecule has 0 saturated carbocycles. The van der Waals surface area contributed by atoms with Crippen molar-refractivity contribution in [1.82, 2.24) is 0 Å². The largest absolute Gasteiger partial charge is 0.478 e. The first-order chi connectivity index (χ1) is 6.63. The number of carboxylic acids is 1. The van der Waals surface area contributed by atoms with E-state index in [1.165, 1.54) is 12.1 Å². The Kier molecular flexibility index (Phi) is 3.83. The molecule has 0 aliphatic heterocycles. The molecule has 1 aromatic rings. The van der Waals surface area contributed by atoms with Gasteiger partial charge < -0.3 is 5.11 Å². The van der Waals surface area contributed by atoms with Crippen LogP contribution in [0.4, 0.5) is 0 Å². The average molecular weight is 212 g/mol. The molecule has 14 heavy (non-hydrogen) atoms. The number of carboxylic acid groups (broad SMARTS) is 1. The van der Waals surface area contributed by atoms with Crippen molar-refractivity contribution < 1.29 is 14.1 Å². The van der Waals surface area contributed by atoms with Crippen LogP contribution in [0.15, 0.2) is 24.3 Å². The van der Waals surface area contributed by atoms with Crippen LogP contribution in [0.2, 0.25) is 0 Å². The molecule has 0 bridgehead atoms. The van der Waals surface area contributed by atoms with Crippen molar-refractivity contribution in [2.45, 2.75) is 12.7 Å². The average Bonchev–Trinajstić information content (AvgIpc) is 2.18. The van der Waals surface area contributed by atoms with Crippen LogP contribution in [0.1, 0.15) is 22.8 Å². The molecule has 3 nitrogen and oxygen atoms in total. The van der Waals surface area contributed by atoms with Crippen molar-refractivity contribution >= 4 is 16.8 Å². The molecular weight excluding hydrogens is 200 g/mol. The SMILES string of the molecule is CCS(=O)Cc1ccc(C(=O)O)cc1. The first-order valence-electron chi connectivity index (χ1n) is 4.30. The summed E-state index contributed by atoms with van der Waals surface area (Å²) < 4.78 is 11.2. The molecule has 0 amide bonds. The summed E-state index contributed by atoms with van der Waals surface area (Å²) in [5.41, 5.74) is 1.17. The van der Waals surface area contributed by atoms with Crippen molar-refractivity contribution in [3.8, 4) is 0 Å². The Bertz CT molecular complexity index is 343. The van der Waals surface area contributed by atoms with Crippen LogP contribution in [-0.4, -0.2) is 21.0 Å².